The van der Waals surface area contributed by atoms with Crippen LogP contribution in [0, 0.1) is 0 Å². The van der Waals surface area contributed by atoms with Crippen molar-refractivity contribution in [1.29, 1.82) is 0 Å². The smallest absolute Gasteiger partial charge is 0.335 e. The molecule has 0 fully saturated rings. The molecule has 2 aromatic heterocycles. The van der Waals surface area contributed by atoms with Crippen molar-refractivity contribution in [2.75, 3.05) is 5.32 Å². The summed E-state index contributed by atoms with van der Waals surface area (Å²) < 4.78 is 0. The molecule has 126 valence electrons. The summed E-state index contributed by atoms with van der Waals surface area (Å²) >= 11 is 0. The van der Waals surface area contributed by atoms with Gasteiger partial charge >= 0.3 is 5.97 Å². The first-order valence-electron chi connectivity index (χ1n) is 7.97. The lowest BCUT2D eigenvalue weighted by atomic mass is 10.1. The molecule has 2 heterocycles. The van der Waals surface area contributed by atoms with E-state index in [4.69, 9.17) is 5.11 Å². The maximum absolute atomic E-state index is 11.2. The number of rotatable bonds is 4. The van der Waals surface area contributed by atoms with E-state index in [0.29, 0.717) is 17.2 Å². The lowest BCUT2D eigenvalue weighted by molar-refractivity contribution is 0.0697. The summed E-state index contributed by atoms with van der Waals surface area (Å²) in [4.78, 5) is 24.1. The molecule has 0 bridgehead atoms. The van der Waals surface area contributed by atoms with Gasteiger partial charge in [0.1, 0.15) is 5.82 Å². The van der Waals surface area contributed by atoms with Gasteiger partial charge in [0.2, 0.25) is 0 Å². The van der Waals surface area contributed by atoms with Crippen molar-refractivity contribution in [2.45, 2.75) is 0 Å². The minimum Gasteiger partial charge on any atom is -0.478 e. The maximum Gasteiger partial charge on any atom is 0.335 e. The Hall–Kier alpha value is -3.80. The molecule has 0 spiro atoms. The maximum atomic E-state index is 11.2. The van der Waals surface area contributed by atoms with E-state index in [1.165, 1.54) is 6.07 Å². The van der Waals surface area contributed by atoms with Gasteiger partial charge in [0.05, 0.1) is 5.56 Å². The van der Waals surface area contributed by atoms with Crippen molar-refractivity contribution in [3.8, 4) is 11.4 Å². The third-order valence-corrected chi connectivity index (χ3v) is 3.97. The van der Waals surface area contributed by atoms with Crippen LogP contribution in [0.3, 0.4) is 0 Å². The lowest BCUT2D eigenvalue weighted by Crippen LogP contribution is -1.99. The number of nitrogens with one attached hydrogen (secondary N) is 1. The number of hydrogen-bond donors (Lipinski definition) is 2. The summed E-state index contributed by atoms with van der Waals surface area (Å²) in [6, 6.07) is 16.2. The third-order valence-electron chi connectivity index (χ3n) is 3.97. The van der Waals surface area contributed by atoms with Crippen LogP contribution in [0.2, 0.25) is 0 Å². The van der Waals surface area contributed by atoms with Crippen molar-refractivity contribution < 1.29 is 9.90 Å². The van der Waals surface area contributed by atoms with Crippen LogP contribution in [0.1, 0.15) is 10.4 Å². The molecular weight excluding hydrogens is 328 g/mol. The summed E-state index contributed by atoms with van der Waals surface area (Å²) in [5.41, 5.74) is 1.76. The summed E-state index contributed by atoms with van der Waals surface area (Å²) in [6.45, 7) is 0. The SMILES string of the molecule is O=C(O)c1cccc(-c2nccc(Nc3cccc4cnccc34)n2)c1. The fourth-order valence-corrected chi connectivity index (χ4v) is 2.73. The average Bonchev–Trinajstić information content (AvgIpc) is 2.69. The molecule has 6 nitrogen and oxygen atoms in total. The van der Waals surface area contributed by atoms with Crippen LogP contribution < -0.4 is 5.32 Å². The summed E-state index contributed by atoms with van der Waals surface area (Å²) in [5, 5.41) is 14.5. The fraction of sp³-hybridized carbons (Fsp3) is 0. The van der Waals surface area contributed by atoms with Crippen LogP contribution in [-0.4, -0.2) is 26.0 Å². The zero-order valence-corrected chi connectivity index (χ0v) is 13.6. The molecule has 0 aliphatic carbocycles. The Balaban J connectivity index is 1.70. The second-order valence-corrected chi connectivity index (χ2v) is 5.68. The number of carboxylic acid groups (broad SMARTS) is 1. The van der Waals surface area contributed by atoms with E-state index in [-0.39, 0.29) is 5.56 Å². The van der Waals surface area contributed by atoms with E-state index in [1.54, 1.807) is 36.7 Å². The van der Waals surface area contributed by atoms with Crippen LogP contribution in [0.15, 0.2) is 73.2 Å². The van der Waals surface area contributed by atoms with Gasteiger partial charge in [-0.3, -0.25) is 4.98 Å². The van der Waals surface area contributed by atoms with Crippen molar-refractivity contribution in [1.82, 2.24) is 15.0 Å². The van der Waals surface area contributed by atoms with Crippen molar-refractivity contribution in [3.63, 3.8) is 0 Å². The number of aromatic nitrogens is 3. The van der Waals surface area contributed by atoms with Gasteiger partial charge in [0.25, 0.3) is 0 Å². The van der Waals surface area contributed by atoms with Crippen LogP contribution >= 0.6 is 0 Å². The number of nitrogens with zero attached hydrogens (tertiary/aromatic N) is 3. The lowest BCUT2D eigenvalue weighted by Gasteiger charge is -2.10. The Kier molecular flexibility index (Phi) is 3.99. The molecule has 2 aromatic carbocycles. The first-order chi connectivity index (χ1) is 12.7. The highest BCUT2D eigenvalue weighted by Gasteiger charge is 2.08. The number of benzene rings is 2. The number of pyridine rings is 1. The first kappa shape index (κ1) is 15.7. The molecular formula is C20H14N4O2. The second-order valence-electron chi connectivity index (χ2n) is 5.68. The normalized spacial score (nSPS) is 10.6. The number of fused-ring (bicyclic) bond motifs is 1. The van der Waals surface area contributed by atoms with Crippen molar-refractivity contribution >= 4 is 28.2 Å². The van der Waals surface area contributed by atoms with Gasteiger partial charge in [-0.1, -0.05) is 24.3 Å². The average molecular weight is 342 g/mol. The molecule has 2 N–H and O–H groups in total. The van der Waals surface area contributed by atoms with Gasteiger partial charge < -0.3 is 10.4 Å². The number of hydrogen-bond acceptors (Lipinski definition) is 5. The Bertz CT molecular complexity index is 1110. The summed E-state index contributed by atoms with van der Waals surface area (Å²) in [5.74, 6) is 0.102. The minimum atomic E-state index is -0.981. The highest BCUT2D eigenvalue weighted by molar-refractivity contribution is 5.94. The fourth-order valence-electron chi connectivity index (χ4n) is 2.73. The minimum absolute atomic E-state index is 0.200. The molecule has 4 aromatic rings. The Morgan fingerprint density at radius 2 is 1.88 bits per heavy atom. The van der Waals surface area contributed by atoms with Crippen LogP contribution in [-0.2, 0) is 0 Å². The topological polar surface area (TPSA) is 88.0 Å². The molecule has 0 aliphatic heterocycles. The van der Waals surface area contributed by atoms with Crippen LogP contribution in [0.4, 0.5) is 11.5 Å². The molecule has 0 radical (unpaired) electrons. The Morgan fingerprint density at radius 3 is 2.77 bits per heavy atom. The highest BCUT2D eigenvalue weighted by Crippen LogP contribution is 2.26. The standard InChI is InChI=1S/C20H14N4O2/c25-20(26)14-4-1-3-13(11-14)19-22-10-8-18(24-19)23-17-6-2-5-15-12-21-9-7-16(15)17/h1-12H,(H,25,26)(H,22,23,24). The predicted molar refractivity (Wildman–Crippen MR) is 99.5 cm³/mol. The highest BCUT2D eigenvalue weighted by atomic mass is 16.4. The molecule has 0 atom stereocenters. The molecule has 0 saturated heterocycles. The quantitative estimate of drug-likeness (QED) is 0.580. The van der Waals surface area contributed by atoms with E-state index in [0.717, 1.165) is 16.5 Å². The van der Waals surface area contributed by atoms with Crippen molar-refractivity contribution in [2.24, 2.45) is 0 Å². The summed E-state index contributed by atoms with van der Waals surface area (Å²) in [6.07, 6.45) is 5.20. The molecule has 4 rings (SSSR count). The van der Waals surface area contributed by atoms with Gasteiger partial charge in [0, 0.05) is 40.6 Å². The van der Waals surface area contributed by atoms with E-state index in [9.17, 15) is 4.79 Å². The Morgan fingerprint density at radius 1 is 1.00 bits per heavy atom. The first-order valence-corrected chi connectivity index (χ1v) is 7.97. The van der Waals surface area contributed by atoms with Gasteiger partial charge in [-0.05, 0) is 30.3 Å². The largest absolute Gasteiger partial charge is 0.478 e. The summed E-state index contributed by atoms with van der Waals surface area (Å²) in [7, 11) is 0. The molecule has 0 unspecified atom stereocenters. The zero-order chi connectivity index (χ0) is 17.9. The molecule has 0 aliphatic rings. The molecule has 26 heavy (non-hydrogen) atoms. The van der Waals surface area contributed by atoms with Crippen LogP contribution in [0.25, 0.3) is 22.2 Å². The number of carbonyl (C=O) groups is 1. The number of aromatic carboxylic acids is 1. The van der Waals surface area contributed by atoms with Crippen molar-refractivity contribution in [3.05, 3.63) is 78.8 Å². The second kappa shape index (κ2) is 6.60. The van der Waals surface area contributed by atoms with Crippen LogP contribution in [0.5, 0.6) is 0 Å². The monoisotopic (exact) mass is 342 g/mol. The van der Waals surface area contributed by atoms with Gasteiger partial charge in [-0.2, -0.15) is 0 Å². The Labute approximate surface area is 149 Å². The van der Waals surface area contributed by atoms with Gasteiger partial charge in [-0.25, -0.2) is 14.8 Å². The van der Waals surface area contributed by atoms with Gasteiger partial charge in [-0.15, -0.1) is 0 Å². The molecule has 0 saturated carbocycles. The third kappa shape index (κ3) is 3.08. The van der Waals surface area contributed by atoms with E-state index in [1.807, 2.05) is 30.5 Å². The molecule has 6 heteroatoms. The zero-order valence-electron chi connectivity index (χ0n) is 13.6. The van der Waals surface area contributed by atoms with E-state index in [2.05, 4.69) is 20.3 Å². The molecule has 0 amide bonds. The number of carboxylic acids is 1. The van der Waals surface area contributed by atoms with Gasteiger partial charge in [0.15, 0.2) is 5.82 Å². The predicted octanol–water partition coefficient (Wildman–Crippen LogP) is 4.13. The number of anilines is 2. The van der Waals surface area contributed by atoms with E-state index < -0.39 is 5.97 Å². The van der Waals surface area contributed by atoms with E-state index >= 15 is 0 Å².